The Labute approximate surface area is 116 Å². The molecule has 2 N–H and O–H groups in total. The van der Waals surface area contributed by atoms with E-state index in [1.807, 2.05) is 26.0 Å². The summed E-state index contributed by atoms with van der Waals surface area (Å²) in [6, 6.07) is 6.27. The molecule has 0 heterocycles. The summed E-state index contributed by atoms with van der Waals surface area (Å²) in [5.41, 5.74) is 4.42. The van der Waals surface area contributed by atoms with Crippen molar-refractivity contribution in [2.24, 2.45) is 0 Å². The van der Waals surface area contributed by atoms with Gasteiger partial charge in [0.25, 0.3) is 0 Å². The Bertz CT molecular complexity index is 539. The summed E-state index contributed by atoms with van der Waals surface area (Å²) in [7, 11) is 1.79. The number of halogens is 1. The van der Waals surface area contributed by atoms with E-state index in [9.17, 15) is 5.26 Å². The maximum atomic E-state index is 9.35. The maximum Gasteiger partial charge on any atom is 0.100 e. The van der Waals surface area contributed by atoms with Crippen molar-refractivity contribution in [2.75, 3.05) is 7.05 Å². The third-order valence-electron chi connectivity index (χ3n) is 2.74. The molecule has 0 saturated heterocycles. The predicted octanol–water partition coefficient (Wildman–Crippen LogP) is 3.36. The molecule has 4 heteroatoms. The number of aryl methyl sites for hydroxylation is 2. The zero-order valence-electron chi connectivity index (χ0n) is 10.8. The summed E-state index contributed by atoms with van der Waals surface area (Å²) >= 11 is 3.34. The average molecular weight is 306 g/mol. The van der Waals surface area contributed by atoms with Gasteiger partial charge in [-0.2, -0.15) is 5.26 Å². The fourth-order valence-corrected chi connectivity index (χ4v) is 2.34. The van der Waals surface area contributed by atoms with Crippen LogP contribution in [0.5, 0.6) is 0 Å². The molecule has 0 fully saturated rings. The molecule has 0 aliphatic rings. The second kappa shape index (κ2) is 6.36. The molecule has 0 unspecified atom stereocenters. The van der Waals surface area contributed by atoms with Crippen LogP contribution in [0.1, 0.15) is 29.2 Å². The van der Waals surface area contributed by atoms with Crippen molar-refractivity contribution >= 4 is 27.8 Å². The molecular formula is C14H16BrN3. The normalized spacial score (nSPS) is 11.5. The van der Waals surface area contributed by atoms with Crippen LogP contribution in [-0.2, 0) is 6.42 Å². The average Bonchev–Trinajstić information content (AvgIpc) is 2.38. The number of nitriles is 1. The van der Waals surface area contributed by atoms with Crippen LogP contribution in [0.2, 0.25) is 0 Å². The van der Waals surface area contributed by atoms with Gasteiger partial charge in [-0.1, -0.05) is 18.6 Å². The van der Waals surface area contributed by atoms with Crippen LogP contribution in [-0.4, -0.2) is 13.3 Å². The molecule has 0 radical (unpaired) electrons. The van der Waals surface area contributed by atoms with Crippen molar-refractivity contribution in [3.8, 4) is 6.07 Å². The van der Waals surface area contributed by atoms with Gasteiger partial charge in [0, 0.05) is 18.8 Å². The van der Waals surface area contributed by atoms with Gasteiger partial charge >= 0.3 is 0 Å². The molecule has 0 saturated carbocycles. The Morgan fingerprint density at radius 2 is 2.22 bits per heavy atom. The molecule has 0 aliphatic carbocycles. The first-order valence-electron chi connectivity index (χ1n) is 5.71. The largest absolute Gasteiger partial charge is 0.387 e. The summed E-state index contributed by atoms with van der Waals surface area (Å²) in [6.07, 6.45) is 2.04. The van der Waals surface area contributed by atoms with E-state index in [4.69, 9.17) is 5.41 Å². The van der Waals surface area contributed by atoms with Gasteiger partial charge in [0.1, 0.15) is 6.07 Å². The van der Waals surface area contributed by atoms with E-state index < -0.39 is 0 Å². The molecule has 0 atom stereocenters. The van der Waals surface area contributed by atoms with Gasteiger partial charge in [0.05, 0.1) is 15.7 Å². The first-order valence-corrected chi connectivity index (χ1v) is 6.50. The number of allylic oxidation sites excluding steroid dienone is 1. The van der Waals surface area contributed by atoms with Gasteiger partial charge in [0.15, 0.2) is 0 Å². The van der Waals surface area contributed by atoms with Gasteiger partial charge in [-0.3, -0.25) is 0 Å². The maximum absolute atomic E-state index is 9.35. The zero-order valence-corrected chi connectivity index (χ0v) is 12.4. The highest BCUT2D eigenvalue weighted by molar-refractivity contribution is 9.12. The third kappa shape index (κ3) is 2.80. The van der Waals surface area contributed by atoms with Crippen LogP contribution in [0.15, 0.2) is 16.6 Å². The number of hydrogen-bond acceptors (Lipinski definition) is 3. The lowest BCUT2D eigenvalue weighted by atomic mass is 9.95. The number of nitrogens with one attached hydrogen (secondary N) is 2. The fourth-order valence-electron chi connectivity index (χ4n) is 1.92. The molecule has 3 nitrogen and oxygen atoms in total. The SMILES string of the molecule is CCc1cc(C)cc(/C(NC)=C(\Br)C=N)c1C#N. The lowest BCUT2D eigenvalue weighted by Gasteiger charge is -2.14. The molecule has 94 valence electrons. The first-order chi connectivity index (χ1) is 8.58. The topological polar surface area (TPSA) is 59.7 Å². The smallest absolute Gasteiger partial charge is 0.100 e. The van der Waals surface area contributed by atoms with E-state index in [0.717, 1.165) is 28.8 Å². The second-order valence-corrected chi connectivity index (χ2v) is 4.78. The molecule has 1 aromatic rings. The summed E-state index contributed by atoms with van der Waals surface area (Å²) in [4.78, 5) is 0. The minimum atomic E-state index is 0.633. The van der Waals surface area contributed by atoms with Gasteiger partial charge in [-0.05, 0) is 40.9 Å². The van der Waals surface area contributed by atoms with Crippen LogP contribution in [0.25, 0.3) is 5.70 Å². The van der Waals surface area contributed by atoms with E-state index in [1.54, 1.807) is 7.05 Å². The summed E-state index contributed by atoms with van der Waals surface area (Å²) < 4.78 is 0.633. The van der Waals surface area contributed by atoms with Gasteiger partial charge in [0.2, 0.25) is 0 Å². The van der Waals surface area contributed by atoms with Gasteiger partial charge < -0.3 is 10.7 Å². The van der Waals surface area contributed by atoms with E-state index in [-0.39, 0.29) is 0 Å². The number of hydrogen-bond donors (Lipinski definition) is 2. The van der Waals surface area contributed by atoms with Crippen molar-refractivity contribution < 1.29 is 0 Å². The van der Waals surface area contributed by atoms with Crippen LogP contribution < -0.4 is 5.32 Å². The monoisotopic (exact) mass is 305 g/mol. The second-order valence-electron chi connectivity index (χ2n) is 3.93. The van der Waals surface area contributed by atoms with E-state index in [0.29, 0.717) is 10.0 Å². The summed E-state index contributed by atoms with van der Waals surface area (Å²) in [6.45, 7) is 4.04. The molecule has 0 aromatic heterocycles. The molecular weight excluding hydrogens is 290 g/mol. The lowest BCUT2D eigenvalue weighted by molar-refractivity contribution is 1.09. The van der Waals surface area contributed by atoms with E-state index in [1.165, 1.54) is 6.21 Å². The van der Waals surface area contributed by atoms with Crippen LogP contribution >= 0.6 is 15.9 Å². The minimum Gasteiger partial charge on any atom is -0.387 e. The van der Waals surface area contributed by atoms with Crippen molar-refractivity contribution in [2.45, 2.75) is 20.3 Å². The molecule has 1 aromatic carbocycles. The van der Waals surface area contributed by atoms with E-state index >= 15 is 0 Å². The highest BCUT2D eigenvalue weighted by Gasteiger charge is 2.13. The molecule has 0 aliphatic heterocycles. The zero-order chi connectivity index (χ0) is 13.7. The van der Waals surface area contributed by atoms with Gasteiger partial charge in [-0.15, -0.1) is 0 Å². The Morgan fingerprint density at radius 3 is 2.67 bits per heavy atom. The van der Waals surface area contributed by atoms with Crippen LogP contribution in [0.3, 0.4) is 0 Å². The Hall–Kier alpha value is -1.60. The molecule has 0 bridgehead atoms. The minimum absolute atomic E-state index is 0.633. The third-order valence-corrected chi connectivity index (χ3v) is 3.37. The van der Waals surface area contributed by atoms with Crippen molar-refractivity contribution in [1.82, 2.24) is 5.32 Å². The van der Waals surface area contributed by atoms with Crippen LogP contribution in [0, 0.1) is 23.7 Å². The summed E-state index contributed by atoms with van der Waals surface area (Å²) in [5.74, 6) is 0. The molecule has 1 rings (SSSR count). The Morgan fingerprint density at radius 1 is 1.56 bits per heavy atom. The number of rotatable bonds is 4. The highest BCUT2D eigenvalue weighted by atomic mass is 79.9. The number of benzene rings is 1. The Balaban J connectivity index is 3.63. The lowest BCUT2D eigenvalue weighted by Crippen LogP contribution is -2.10. The first kappa shape index (κ1) is 14.5. The predicted molar refractivity (Wildman–Crippen MR) is 79.0 cm³/mol. The standard InChI is InChI=1S/C14H16BrN3/c1-4-10-5-9(2)6-11(12(10)7-16)14(18-3)13(15)8-17/h5-6,8,17-18H,4H2,1-3H3/b14-13+,17-8?. The molecule has 0 spiro atoms. The van der Waals surface area contributed by atoms with Crippen molar-refractivity contribution in [3.05, 3.63) is 38.9 Å². The van der Waals surface area contributed by atoms with Gasteiger partial charge in [-0.25, -0.2) is 0 Å². The van der Waals surface area contributed by atoms with Crippen LogP contribution in [0.4, 0.5) is 0 Å². The van der Waals surface area contributed by atoms with Crippen molar-refractivity contribution in [3.63, 3.8) is 0 Å². The fraction of sp³-hybridized carbons (Fsp3) is 0.286. The Kier molecular flexibility index (Phi) is 5.11. The quantitative estimate of drug-likeness (QED) is 0.838. The highest BCUT2D eigenvalue weighted by Crippen LogP contribution is 2.26. The summed E-state index contributed by atoms with van der Waals surface area (Å²) in [5, 5.41) is 19.7. The van der Waals surface area contributed by atoms with Crippen molar-refractivity contribution in [1.29, 1.82) is 10.7 Å². The van der Waals surface area contributed by atoms with E-state index in [2.05, 4.69) is 27.3 Å². The molecule has 18 heavy (non-hydrogen) atoms. The number of nitrogens with zero attached hydrogens (tertiary/aromatic N) is 1. The molecule has 0 amide bonds.